The van der Waals surface area contributed by atoms with Crippen LogP contribution in [0, 0.1) is 0 Å². The van der Waals surface area contributed by atoms with Crippen molar-refractivity contribution in [2.45, 2.75) is 31.7 Å². The van der Waals surface area contributed by atoms with Gasteiger partial charge in [-0.1, -0.05) is 0 Å². The Bertz CT molecular complexity index is 830. The summed E-state index contributed by atoms with van der Waals surface area (Å²) in [6.07, 6.45) is 2.38. The zero-order valence-corrected chi connectivity index (χ0v) is 16.8. The fourth-order valence-electron chi connectivity index (χ4n) is 4.02. The van der Waals surface area contributed by atoms with Gasteiger partial charge in [-0.15, -0.1) is 11.3 Å². The third-order valence-electron chi connectivity index (χ3n) is 5.57. The third kappa shape index (κ3) is 4.17. The SMILES string of the molecule is O=C(Cc1csc(N2CCCC2=O)n1)N1CCN(C2CCS(=O)(=O)C2)CC1. The normalized spacial score (nSPS) is 26.1. The van der Waals surface area contributed by atoms with Crippen molar-refractivity contribution in [1.29, 1.82) is 0 Å². The first-order valence-corrected chi connectivity index (χ1v) is 12.1. The van der Waals surface area contributed by atoms with Crippen molar-refractivity contribution < 1.29 is 18.0 Å². The Morgan fingerprint density at radius 3 is 2.63 bits per heavy atom. The van der Waals surface area contributed by atoms with E-state index >= 15 is 0 Å². The summed E-state index contributed by atoms with van der Waals surface area (Å²) < 4.78 is 23.3. The topological polar surface area (TPSA) is 90.9 Å². The molecule has 1 aromatic rings. The Labute approximate surface area is 163 Å². The molecule has 4 heterocycles. The number of hydrogen-bond acceptors (Lipinski definition) is 7. The van der Waals surface area contributed by atoms with Gasteiger partial charge >= 0.3 is 0 Å². The monoisotopic (exact) mass is 412 g/mol. The largest absolute Gasteiger partial charge is 0.340 e. The highest BCUT2D eigenvalue weighted by atomic mass is 32.2. The molecule has 0 radical (unpaired) electrons. The molecule has 1 aromatic heterocycles. The molecule has 0 bridgehead atoms. The summed E-state index contributed by atoms with van der Waals surface area (Å²) in [4.78, 5) is 34.6. The molecule has 8 nitrogen and oxygen atoms in total. The summed E-state index contributed by atoms with van der Waals surface area (Å²) >= 11 is 1.41. The highest BCUT2D eigenvalue weighted by Crippen LogP contribution is 2.26. The fraction of sp³-hybridized carbons (Fsp3) is 0.706. The molecule has 0 N–H and O–H groups in total. The maximum absolute atomic E-state index is 12.6. The van der Waals surface area contributed by atoms with Crippen molar-refractivity contribution in [3.63, 3.8) is 0 Å². The van der Waals surface area contributed by atoms with E-state index in [9.17, 15) is 18.0 Å². The van der Waals surface area contributed by atoms with Gasteiger partial charge in [0.2, 0.25) is 11.8 Å². The van der Waals surface area contributed by atoms with Gasteiger partial charge in [-0.3, -0.25) is 19.4 Å². The van der Waals surface area contributed by atoms with Crippen LogP contribution >= 0.6 is 11.3 Å². The lowest BCUT2D eigenvalue weighted by Crippen LogP contribution is -2.52. The maximum Gasteiger partial charge on any atom is 0.228 e. The van der Waals surface area contributed by atoms with Crippen molar-refractivity contribution >= 4 is 38.1 Å². The Morgan fingerprint density at radius 1 is 1.22 bits per heavy atom. The molecule has 3 saturated heterocycles. The third-order valence-corrected chi connectivity index (χ3v) is 8.23. The zero-order chi connectivity index (χ0) is 19.0. The molecule has 4 rings (SSSR count). The highest BCUT2D eigenvalue weighted by Gasteiger charge is 2.34. The minimum Gasteiger partial charge on any atom is -0.340 e. The quantitative estimate of drug-likeness (QED) is 0.699. The van der Waals surface area contributed by atoms with Gasteiger partial charge in [0, 0.05) is 50.6 Å². The number of carbonyl (C=O) groups excluding carboxylic acids is 2. The van der Waals surface area contributed by atoms with Crippen molar-refractivity contribution in [3.8, 4) is 0 Å². The van der Waals surface area contributed by atoms with Crippen molar-refractivity contribution in [1.82, 2.24) is 14.8 Å². The average Bonchev–Trinajstić information content (AvgIpc) is 3.35. The minimum atomic E-state index is -2.88. The standard InChI is InChI=1S/C17H24N4O4S2/c22-15-2-1-4-21(15)17-18-13(11-26-17)10-16(23)20-7-5-19(6-8-20)14-3-9-27(24,25)12-14/h11,14H,1-10,12H2. The van der Waals surface area contributed by atoms with Crippen LogP contribution in [0.15, 0.2) is 5.38 Å². The lowest BCUT2D eigenvalue weighted by Gasteiger charge is -2.37. The minimum absolute atomic E-state index is 0.0401. The van der Waals surface area contributed by atoms with E-state index in [1.807, 2.05) is 10.3 Å². The van der Waals surface area contributed by atoms with Crippen LogP contribution < -0.4 is 4.90 Å². The second kappa shape index (κ2) is 7.48. The molecular formula is C17H24N4O4S2. The van der Waals surface area contributed by atoms with Crippen LogP contribution in [0.4, 0.5) is 5.13 Å². The number of amides is 2. The van der Waals surface area contributed by atoms with Crippen LogP contribution in [0.25, 0.3) is 0 Å². The van der Waals surface area contributed by atoms with Gasteiger partial charge in [0.15, 0.2) is 15.0 Å². The van der Waals surface area contributed by atoms with Crippen LogP contribution in [0.1, 0.15) is 25.0 Å². The number of sulfone groups is 1. The van der Waals surface area contributed by atoms with Crippen LogP contribution in [-0.4, -0.2) is 85.3 Å². The molecular weight excluding hydrogens is 388 g/mol. The lowest BCUT2D eigenvalue weighted by molar-refractivity contribution is -0.132. The van der Waals surface area contributed by atoms with Gasteiger partial charge in [-0.25, -0.2) is 13.4 Å². The molecule has 2 amide bonds. The molecule has 3 fully saturated rings. The first-order valence-electron chi connectivity index (χ1n) is 9.38. The summed E-state index contributed by atoms with van der Waals surface area (Å²) in [6.45, 7) is 3.39. The summed E-state index contributed by atoms with van der Waals surface area (Å²) in [5.74, 6) is 0.672. The van der Waals surface area contributed by atoms with Gasteiger partial charge in [-0.05, 0) is 12.8 Å². The van der Waals surface area contributed by atoms with E-state index in [0.29, 0.717) is 43.3 Å². The molecule has 0 spiro atoms. The van der Waals surface area contributed by atoms with Crippen molar-refractivity contribution in [2.75, 3.05) is 49.1 Å². The number of aromatic nitrogens is 1. The second-order valence-electron chi connectivity index (χ2n) is 7.42. The van der Waals surface area contributed by atoms with Crippen molar-refractivity contribution in [3.05, 3.63) is 11.1 Å². The van der Waals surface area contributed by atoms with Crippen LogP contribution in [0.3, 0.4) is 0 Å². The predicted molar refractivity (Wildman–Crippen MR) is 103 cm³/mol. The number of piperazine rings is 1. The number of thiazole rings is 1. The molecule has 148 valence electrons. The predicted octanol–water partition coefficient (Wildman–Crippen LogP) is 0.144. The summed E-state index contributed by atoms with van der Waals surface area (Å²) in [6, 6.07) is 0.103. The molecule has 3 aliphatic rings. The fourth-order valence-corrected chi connectivity index (χ4v) is 6.65. The lowest BCUT2D eigenvalue weighted by atomic mass is 10.2. The Kier molecular flexibility index (Phi) is 5.21. The molecule has 3 aliphatic heterocycles. The first kappa shape index (κ1) is 18.8. The van der Waals surface area contributed by atoms with Crippen LogP contribution in [0.2, 0.25) is 0 Å². The Balaban J connectivity index is 1.29. The number of hydrogen-bond donors (Lipinski definition) is 0. The van der Waals surface area contributed by atoms with Crippen molar-refractivity contribution in [2.24, 2.45) is 0 Å². The highest BCUT2D eigenvalue weighted by molar-refractivity contribution is 7.91. The number of rotatable bonds is 4. The number of carbonyl (C=O) groups is 2. The molecule has 1 unspecified atom stereocenters. The Morgan fingerprint density at radius 2 is 2.00 bits per heavy atom. The smallest absolute Gasteiger partial charge is 0.228 e. The molecule has 27 heavy (non-hydrogen) atoms. The van der Waals surface area contributed by atoms with Gasteiger partial charge < -0.3 is 4.90 Å². The zero-order valence-electron chi connectivity index (χ0n) is 15.2. The Hall–Kier alpha value is -1.52. The van der Waals surface area contributed by atoms with Gasteiger partial charge in [0.05, 0.1) is 23.6 Å². The van der Waals surface area contributed by atoms with Gasteiger partial charge in [-0.2, -0.15) is 0 Å². The summed E-state index contributed by atoms with van der Waals surface area (Å²) in [5.41, 5.74) is 0.712. The van der Waals surface area contributed by atoms with E-state index in [0.717, 1.165) is 19.5 Å². The van der Waals surface area contributed by atoms with E-state index in [-0.39, 0.29) is 35.8 Å². The summed E-state index contributed by atoms with van der Waals surface area (Å²) in [7, 11) is -2.88. The van der Waals surface area contributed by atoms with E-state index in [1.165, 1.54) is 11.3 Å². The molecule has 0 saturated carbocycles. The summed E-state index contributed by atoms with van der Waals surface area (Å²) in [5, 5.41) is 2.55. The van der Waals surface area contributed by atoms with Gasteiger partial charge in [0.25, 0.3) is 0 Å². The van der Waals surface area contributed by atoms with E-state index < -0.39 is 9.84 Å². The van der Waals surface area contributed by atoms with Crippen LogP contribution in [-0.2, 0) is 25.8 Å². The molecule has 0 aromatic carbocycles. The van der Waals surface area contributed by atoms with Crippen LogP contribution in [0.5, 0.6) is 0 Å². The molecule has 1 atom stereocenters. The number of anilines is 1. The van der Waals surface area contributed by atoms with E-state index in [4.69, 9.17) is 0 Å². The average molecular weight is 413 g/mol. The molecule has 10 heteroatoms. The number of nitrogens with zero attached hydrogens (tertiary/aromatic N) is 4. The maximum atomic E-state index is 12.6. The first-order chi connectivity index (χ1) is 12.9. The van der Waals surface area contributed by atoms with Gasteiger partial charge in [0.1, 0.15) is 0 Å². The van der Waals surface area contributed by atoms with E-state index in [1.54, 1.807) is 4.90 Å². The van der Waals surface area contributed by atoms with E-state index in [2.05, 4.69) is 9.88 Å². The second-order valence-corrected chi connectivity index (χ2v) is 10.5. The molecule has 0 aliphatic carbocycles.